The molecule has 5 heteroatoms. The van der Waals surface area contributed by atoms with Gasteiger partial charge in [-0.15, -0.1) is 11.3 Å². The lowest BCUT2D eigenvalue weighted by Gasteiger charge is -2.11. The molecule has 2 rings (SSSR count). The summed E-state index contributed by atoms with van der Waals surface area (Å²) < 4.78 is 4.99. The van der Waals surface area contributed by atoms with E-state index in [1.807, 2.05) is 17.5 Å². The van der Waals surface area contributed by atoms with Crippen LogP contribution in [0.4, 0.5) is 0 Å². The van der Waals surface area contributed by atoms with Crippen LogP contribution in [-0.2, 0) is 17.8 Å². The zero-order valence-corrected chi connectivity index (χ0v) is 11.3. The molecule has 0 atom stereocenters. The number of likely N-dealkylation sites (tertiary alicyclic amines) is 1. The smallest absolute Gasteiger partial charge is 0.107 e. The van der Waals surface area contributed by atoms with Gasteiger partial charge in [0.1, 0.15) is 5.01 Å². The Kier molecular flexibility index (Phi) is 5.38. The van der Waals surface area contributed by atoms with Crippen molar-refractivity contribution in [3.05, 3.63) is 16.1 Å². The predicted octanol–water partition coefficient (Wildman–Crippen LogP) is 1.47. The van der Waals surface area contributed by atoms with Crippen molar-refractivity contribution in [1.82, 2.24) is 15.2 Å². The number of aromatic nitrogens is 1. The molecule has 2 heterocycles. The number of nitrogens with one attached hydrogen (secondary N) is 1. The van der Waals surface area contributed by atoms with Crippen LogP contribution in [-0.4, -0.2) is 43.2 Å². The molecule has 0 unspecified atom stereocenters. The molecule has 0 amide bonds. The molecule has 1 aromatic rings. The maximum atomic E-state index is 4.99. The molecule has 0 radical (unpaired) electrons. The number of hydrogen-bond donors (Lipinski definition) is 1. The van der Waals surface area contributed by atoms with Gasteiger partial charge in [0.2, 0.25) is 0 Å². The van der Waals surface area contributed by atoms with Crippen molar-refractivity contribution in [3.63, 3.8) is 0 Å². The van der Waals surface area contributed by atoms with E-state index in [9.17, 15) is 0 Å². The molecule has 1 aromatic heterocycles. The van der Waals surface area contributed by atoms with Gasteiger partial charge in [0.15, 0.2) is 0 Å². The average molecular weight is 255 g/mol. The first-order valence-electron chi connectivity index (χ1n) is 6.24. The van der Waals surface area contributed by atoms with Gasteiger partial charge < -0.3 is 10.1 Å². The van der Waals surface area contributed by atoms with Crippen molar-refractivity contribution in [3.8, 4) is 0 Å². The first-order valence-corrected chi connectivity index (χ1v) is 7.06. The minimum Gasteiger partial charge on any atom is -0.383 e. The van der Waals surface area contributed by atoms with Gasteiger partial charge in [-0.3, -0.25) is 4.90 Å². The van der Waals surface area contributed by atoms with Crippen LogP contribution in [0.5, 0.6) is 0 Å². The summed E-state index contributed by atoms with van der Waals surface area (Å²) in [6.07, 6.45) is 4.68. The van der Waals surface area contributed by atoms with E-state index in [0.717, 1.165) is 26.2 Å². The van der Waals surface area contributed by atoms with Gasteiger partial charge in [-0.05, 0) is 25.9 Å². The van der Waals surface area contributed by atoms with Gasteiger partial charge in [0.25, 0.3) is 0 Å². The summed E-state index contributed by atoms with van der Waals surface area (Å²) in [7, 11) is 1.72. The normalized spacial score (nSPS) is 16.8. The van der Waals surface area contributed by atoms with E-state index in [4.69, 9.17) is 4.74 Å². The van der Waals surface area contributed by atoms with E-state index in [2.05, 4.69) is 15.2 Å². The summed E-state index contributed by atoms with van der Waals surface area (Å²) >= 11 is 1.82. The molecule has 1 N–H and O–H groups in total. The number of hydrogen-bond acceptors (Lipinski definition) is 5. The topological polar surface area (TPSA) is 37.4 Å². The first-order chi connectivity index (χ1) is 8.38. The van der Waals surface area contributed by atoms with Crippen molar-refractivity contribution < 1.29 is 4.74 Å². The van der Waals surface area contributed by atoms with Gasteiger partial charge >= 0.3 is 0 Å². The van der Waals surface area contributed by atoms with E-state index in [-0.39, 0.29) is 0 Å². The third-order valence-corrected chi connectivity index (χ3v) is 3.92. The fourth-order valence-electron chi connectivity index (χ4n) is 2.02. The van der Waals surface area contributed by atoms with Crippen LogP contribution in [0.1, 0.15) is 22.7 Å². The molecule has 1 saturated heterocycles. The molecule has 0 aliphatic carbocycles. The summed E-state index contributed by atoms with van der Waals surface area (Å²) in [6, 6.07) is 0. The van der Waals surface area contributed by atoms with Crippen LogP contribution >= 0.6 is 11.3 Å². The first kappa shape index (κ1) is 13.0. The molecule has 0 aromatic carbocycles. The third kappa shape index (κ3) is 4.35. The van der Waals surface area contributed by atoms with Crippen molar-refractivity contribution in [2.24, 2.45) is 0 Å². The molecule has 1 aliphatic heterocycles. The fraction of sp³-hybridized carbons (Fsp3) is 0.750. The van der Waals surface area contributed by atoms with Gasteiger partial charge in [-0.25, -0.2) is 4.98 Å². The second kappa shape index (κ2) is 7.06. The standard InChI is InChI=1S/C12H21N3OS/c1-16-7-4-13-8-11-9-14-12(17-11)10-15-5-2-3-6-15/h9,13H,2-8,10H2,1H3. The molecule has 4 nitrogen and oxygen atoms in total. The predicted molar refractivity (Wildman–Crippen MR) is 70.2 cm³/mol. The van der Waals surface area contributed by atoms with Crippen LogP contribution in [0.3, 0.4) is 0 Å². The minimum absolute atomic E-state index is 0.763. The number of methoxy groups -OCH3 is 1. The third-order valence-electron chi connectivity index (χ3n) is 2.94. The number of thiazole rings is 1. The highest BCUT2D eigenvalue weighted by Crippen LogP contribution is 2.17. The van der Waals surface area contributed by atoms with Crippen molar-refractivity contribution in [2.45, 2.75) is 25.9 Å². The monoisotopic (exact) mass is 255 g/mol. The second-order valence-electron chi connectivity index (χ2n) is 4.37. The van der Waals surface area contributed by atoms with Crippen LogP contribution in [0, 0.1) is 0 Å². The zero-order chi connectivity index (χ0) is 11.9. The van der Waals surface area contributed by atoms with Crippen molar-refractivity contribution in [1.29, 1.82) is 0 Å². The highest BCUT2D eigenvalue weighted by Gasteiger charge is 2.13. The maximum Gasteiger partial charge on any atom is 0.107 e. The Morgan fingerprint density at radius 3 is 3.06 bits per heavy atom. The molecule has 17 heavy (non-hydrogen) atoms. The summed E-state index contributed by atoms with van der Waals surface area (Å²) in [5.41, 5.74) is 0. The minimum atomic E-state index is 0.763. The van der Waals surface area contributed by atoms with E-state index < -0.39 is 0 Å². The molecule has 0 bridgehead atoms. The van der Waals surface area contributed by atoms with E-state index in [0.29, 0.717) is 0 Å². The van der Waals surface area contributed by atoms with Crippen LogP contribution in [0.25, 0.3) is 0 Å². The lowest BCUT2D eigenvalue weighted by Crippen LogP contribution is -2.18. The number of nitrogens with zero attached hydrogens (tertiary/aromatic N) is 2. The molecule has 1 fully saturated rings. The molecule has 0 saturated carbocycles. The Balaban J connectivity index is 1.71. The van der Waals surface area contributed by atoms with E-state index in [1.165, 1.54) is 35.8 Å². The van der Waals surface area contributed by atoms with Gasteiger partial charge in [0.05, 0.1) is 13.2 Å². The van der Waals surface area contributed by atoms with Crippen LogP contribution < -0.4 is 5.32 Å². The fourth-order valence-corrected chi connectivity index (χ4v) is 2.96. The highest BCUT2D eigenvalue weighted by atomic mass is 32.1. The average Bonchev–Trinajstić information content (AvgIpc) is 2.97. The van der Waals surface area contributed by atoms with Crippen molar-refractivity contribution >= 4 is 11.3 Å². The quantitative estimate of drug-likeness (QED) is 0.749. The van der Waals surface area contributed by atoms with E-state index in [1.54, 1.807) is 7.11 Å². The molecule has 96 valence electrons. The van der Waals surface area contributed by atoms with E-state index >= 15 is 0 Å². The number of ether oxygens (including phenoxy) is 1. The largest absolute Gasteiger partial charge is 0.383 e. The lowest BCUT2D eigenvalue weighted by molar-refractivity contribution is 0.199. The molecule has 0 spiro atoms. The van der Waals surface area contributed by atoms with Gasteiger partial charge in [0, 0.05) is 31.3 Å². The van der Waals surface area contributed by atoms with Gasteiger partial charge in [-0.1, -0.05) is 0 Å². The molecular formula is C12H21N3OS. The summed E-state index contributed by atoms with van der Waals surface area (Å²) in [5, 5.41) is 4.59. The Bertz CT molecular complexity index is 323. The van der Waals surface area contributed by atoms with Crippen LogP contribution in [0.2, 0.25) is 0 Å². The van der Waals surface area contributed by atoms with Gasteiger partial charge in [-0.2, -0.15) is 0 Å². The Morgan fingerprint density at radius 1 is 1.47 bits per heavy atom. The highest BCUT2D eigenvalue weighted by molar-refractivity contribution is 7.11. The Morgan fingerprint density at radius 2 is 2.29 bits per heavy atom. The Labute approximate surface area is 107 Å². The maximum absolute atomic E-state index is 4.99. The van der Waals surface area contributed by atoms with Crippen molar-refractivity contribution in [2.75, 3.05) is 33.4 Å². The lowest BCUT2D eigenvalue weighted by atomic mass is 10.4. The molecular weight excluding hydrogens is 234 g/mol. The Hall–Kier alpha value is -0.490. The molecule has 1 aliphatic rings. The summed E-state index contributed by atoms with van der Waals surface area (Å²) in [6.45, 7) is 6.07. The zero-order valence-electron chi connectivity index (χ0n) is 10.4. The van der Waals surface area contributed by atoms with Crippen LogP contribution in [0.15, 0.2) is 6.20 Å². The SMILES string of the molecule is COCCNCc1cnc(CN2CCCC2)s1. The number of rotatable bonds is 7. The second-order valence-corrected chi connectivity index (χ2v) is 5.57. The summed E-state index contributed by atoms with van der Waals surface area (Å²) in [5.74, 6) is 0. The summed E-state index contributed by atoms with van der Waals surface area (Å²) in [4.78, 5) is 8.29.